The number of nitrogens with zero attached hydrogens (tertiary/aromatic N) is 5. The predicted octanol–water partition coefficient (Wildman–Crippen LogP) is 3.47. The number of likely N-dealkylation sites (N-methyl/N-ethyl adjacent to an activating group) is 1. The largest absolute Gasteiger partial charge is 0.350 e. The van der Waals surface area contributed by atoms with Gasteiger partial charge in [0.2, 0.25) is 0 Å². The fourth-order valence-corrected chi connectivity index (χ4v) is 4.81. The van der Waals surface area contributed by atoms with Gasteiger partial charge in [0.25, 0.3) is 5.91 Å². The molecule has 0 atom stereocenters. The van der Waals surface area contributed by atoms with Crippen LogP contribution in [0.4, 0.5) is 17.1 Å². The lowest BCUT2D eigenvalue weighted by molar-refractivity contribution is 0.102. The summed E-state index contributed by atoms with van der Waals surface area (Å²) >= 11 is 1.57. The van der Waals surface area contributed by atoms with E-state index in [2.05, 4.69) is 59.8 Å². The summed E-state index contributed by atoms with van der Waals surface area (Å²) in [4.78, 5) is 26.3. The summed E-state index contributed by atoms with van der Waals surface area (Å²) in [6, 6.07) is 8.02. The Labute approximate surface area is 195 Å². The molecule has 0 aliphatic carbocycles. The Morgan fingerprint density at radius 1 is 1.12 bits per heavy atom. The molecule has 1 amide bonds. The average molecular weight is 463 g/mol. The first-order valence-electron chi connectivity index (χ1n) is 10.9. The number of thiophene rings is 1. The molecule has 9 nitrogen and oxygen atoms in total. The minimum atomic E-state index is -0.257. The molecule has 5 rings (SSSR count). The molecule has 0 radical (unpaired) electrons. The van der Waals surface area contributed by atoms with Gasteiger partial charge in [0.15, 0.2) is 0 Å². The van der Waals surface area contributed by atoms with Gasteiger partial charge in [0, 0.05) is 43.8 Å². The molecule has 1 aromatic carbocycles. The Morgan fingerprint density at radius 3 is 2.70 bits per heavy atom. The molecule has 3 aromatic heterocycles. The molecular formula is C23H26N8OS. The van der Waals surface area contributed by atoms with E-state index in [1.807, 2.05) is 24.4 Å². The van der Waals surface area contributed by atoms with Crippen LogP contribution in [0.2, 0.25) is 0 Å². The quantitative estimate of drug-likeness (QED) is 0.403. The van der Waals surface area contributed by atoms with Gasteiger partial charge in [-0.25, -0.2) is 9.97 Å². The molecule has 170 valence electrons. The maximum Gasteiger partial charge on any atom is 0.275 e. The van der Waals surface area contributed by atoms with Gasteiger partial charge in [0.1, 0.15) is 17.5 Å². The molecule has 0 bridgehead atoms. The zero-order valence-corrected chi connectivity index (χ0v) is 19.4. The number of carbonyl (C=O) groups is 1. The third-order valence-electron chi connectivity index (χ3n) is 5.88. The van der Waals surface area contributed by atoms with Gasteiger partial charge in [-0.2, -0.15) is 5.10 Å². The second kappa shape index (κ2) is 9.26. The third-order valence-corrected chi connectivity index (χ3v) is 6.96. The summed E-state index contributed by atoms with van der Waals surface area (Å²) in [6.45, 7) is 7.24. The molecule has 1 fully saturated rings. The van der Waals surface area contributed by atoms with E-state index >= 15 is 0 Å². The Hall–Kier alpha value is -3.34. The molecule has 10 heteroatoms. The highest BCUT2D eigenvalue weighted by Crippen LogP contribution is 2.32. The van der Waals surface area contributed by atoms with Crippen molar-refractivity contribution in [3.05, 3.63) is 59.1 Å². The molecule has 4 heterocycles. The van der Waals surface area contributed by atoms with Crippen LogP contribution in [0.5, 0.6) is 0 Å². The van der Waals surface area contributed by atoms with E-state index in [1.54, 1.807) is 23.9 Å². The number of H-pyrrole nitrogens is 1. The lowest BCUT2D eigenvalue weighted by atomic mass is 10.1. The number of hydrogen-bond donors (Lipinski definition) is 3. The SMILES string of the molecule is Cc1ncnc2c(Nc3cn[nH]c3C(=O)Nc3ccc(CN4CCN(C)CC4)cc3)csc12. The minimum Gasteiger partial charge on any atom is -0.350 e. The molecule has 3 N–H and O–H groups in total. The molecule has 1 aliphatic heterocycles. The summed E-state index contributed by atoms with van der Waals surface area (Å²) < 4.78 is 1.02. The van der Waals surface area contributed by atoms with Crippen molar-refractivity contribution in [1.82, 2.24) is 30.0 Å². The number of rotatable bonds is 6. The minimum absolute atomic E-state index is 0.257. The predicted molar refractivity (Wildman–Crippen MR) is 131 cm³/mol. The number of nitrogens with one attached hydrogen (secondary N) is 3. The number of aromatic amines is 1. The Balaban J connectivity index is 1.24. The van der Waals surface area contributed by atoms with Crippen molar-refractivity contribution in [2.24, 2.45) is 0 Å². The zero-order chi connectivity index (χ0) is 22.8. The van der Waals surface area contributed by atoms with E-state index in [0.29, 0.717) is 11.4 Å². The van der Waals surface area contributed by atoms with E-state index in [1.165, 1.54) is 5.56 Å². The zero-order valence-electron chi connectivity index (χ0n) is 18.6. The van der Waals surface area contributed by atoms with Crippen LogP contribution in [0.1, 0.15) is 21.7 Å². The molecule has 0 spiro atoms. The standard InChI is InChI=1S/C23H26N8OS/c1-15-22-20(25-14-24-15)19(13-33-22)28-18-11-26-29-21(18)23(32)27-17-5-3-16(4-6-17)12-31-9-7-30(2)8-10-31/h3-6,11,13-14,28H,7-10,12H2,1-2H3,(H,26,29)(H,27,32). The average Bonchev–Trinajstić information content (AvgIpc) is 3.45. The van der Waals surface area contributed by atoms with E-state index in [4.69, 9.17) is 0 Å². The maximum absolute atomic E-state index is 12.9. The molecule has 0 unspecified atom stereocenters. The monoisotopic (exact) mass is 462 g/mol. The van der Waals surface area contributed by atoms with Crippen LogP contribution in [0, 0.1) is 6.92 Å². The first kappa shape index (κ1) is 21.5. The lowest BCUT2D eigenvalue weighted by Crippen LogP contribution is -2.43. The van der Waals surface area contributed by atoms with Crippen molar-refractivity contribution in [2.75, 3.05) is 43.9 Å². The van der Waals surface area contributed by atoms with Crippen molar-refractivity contribution in [3.63, 3.8) is 0 Å². The Kier molecular flexibility index (Phi) is 6.03. The highest BCUT2D eigenvalue weighted by atomic mass is 32.1. The van der Waals surface area contributed by atoms with Crippen molar-refractivity contribution in [3.8, 4) is 0 Å². The first-order chi connectivity index (χ1) is 16.1. The molecule has 0 saturated carbocycles. The van der Waals surface area contributed by atoms with Crippen LogP contribution in [0.3, 0.4) is 0 Å². The third kappa shape index (κ3) is 4.72. The molecule has 1 saturated heterocycles. The van der Waals surface area contributed by atoms with E-state index in [-0.39, 0.29) is 5.91 Å². The van der Waals surface area contributed by atoms with Crippen molar-refractivity contribution < 1.29 is 4.79 Å². The van der Waals surface area contributed by atoms with E-state index < -0.39 is 0 Å². The normalized spacial score (nSPS) is 15.1. The number of carbonyl (C=O) groups excluding carboxylic acids is 1. The Bertz CT molecular complexity index is 1260. The molecule has 33 heavy (non-hydrogen) atoms. The van der Waals surface area contributed by atoms with Crippen LogP contribution < -0.4 is 10.6 Å². The molecule has 1 aliphatic rings. The van der Waals surface area contributed by atoms with Gasteiger partial charge in [-0.3, -0.25) is 14.8 Å². The fraction of sp³-hybridized carbons (Fsp3) is 0.304. The highest BCUT2D eigenvalue weighted by Gasteiger charge is 2.17. The van der Waals surface area contributed by atoms with Gasteiger partial charge < -0.3 is 15.5 Å². The van der Waals surface area contributed by atoms with Gasteiger partial charge in [-0.1, -0.05) is 12.1 Å². The summed E-state index contributed by atoms with van der Waals surface area (Å²) in [5, 5.41) is 15.1. The van der Waals surface area contributed by atoms with Crippen LogP contribution >= 0.6 is 11.3 Å². The van der Waals surface area contributed by atoms with Crippen LogP contribution in [-0.4, -0.2) is 69.1 Å². The lowest BCUT2D eigenvalue weighted by Gasteiger charge is -2.32. The van der Waals surface area contributed by atoms with Gasteiger partial charge in [-0.15, -0.1) is 11.3 Å². The van der Waals surface area contributed by atoms with Crippen molar-refractivity contribution in [2.45, 2.75) is 13.5 Å². The number of aromatic nitrogens is 4. The summed E-state index contributed by atoms with van der Waals surface area (Å²) in [7, 11) is 2.16. The van der Waals surface area contributed by atoms with Gasteiger partial charge in [0.05, 0.1) is 28.0 Å². The Morgan fingerprint density at radius 2 is 1.91 bits per heavy atom. The second-order valence-electron chi connectivity index (χ2n) is 8.30. The van der Waals surface area contributed by atoms with E-state index in [0.717, 1.165) is 60.0 Å². The number of anilines is 3. The van der Waals surface area contributed by atoms with Crippen LogP contribution in [0.25, 0.3) is 10.2 Å². The summed E-state index contributed by atoms with van der Waals surface area (Å²) in [5.74, 6) is -0.257. The molecular weight excluding hydrogens is 436 g/mol. The van der Waals surface area contributed by atoms with Crippen LogP contribution in [0.15, 0.2) is 42.2 Å². The van der Waals surface area contributed by atoms with Crippen LogP contribution in [-0.2, 0) is 6.54 Å². The topological polar surface area (TPSA) is 102 Å². The number of piperazine rings is 1. The fourth-order valence-electron chi connectivity index (χ4n) is 3.91. The number of amides is 1. The van der Waals surface area contributed by atoms with E-state index in [9.17, 15) is 4.79 Å². The number of hydrogen-bond acceptors (Lipinski definition) is 8. The summed E-state index contributed by atoms with van der Waals surface area (Å²) in [6.07, 6.45) is 3.15. The van der Waals surface area contributed by atoms with Crippen molar-refractivity contribution in [1.29, 1.82) is 0 Å². The number of aryl methyl sites for hydroxylation is 1. The second-order valence-corrected chi connectivity index (χ2v) is 9.18. The summed E-state index contributed by atoms with van der Waals surface area (Å²) in [5.41, 5.74) is 5.52. The first-order valence-corrected chi connectivity index (χ1v) is 11.7. The number of fused-ring (bicyclic) bond motifs is 1. The highest BCUT2D eigenvalue weighted by molar-refractivity contribution is 7.18. The number of benzene rings is 1. The van der Waals surface area contributed by atoms with Gasteiger partial charge >= 0.3 is 0 Å². The smallest absolute Gasteiger partial charge is 0.275 e. The maximum atomic E-state index is 12.9. The molecule has 4 aromatic rings. The van der Waals surface area contributed by atoms with Gasteiger partial charge in [-0.05, 0) is 31.7 Å². The van der Waals surface area contributed by atoms with Crippen molar-refractivity contribution >= 4 is 44.5 Å².